The first kappa shape index (κ1) is 16.2. The molecule has 3 heterocycles. The van der Waals surface area contributed by atoms with Crippen molar-refractivity contribution in [2.24, 2.45) is 0 Å². The Labute approximate surface area is 153 Å². The van der Waals surface area contributed by atoms with Crippen LogP contribution in [-0.4, -0.2) is 31.9 Å². The quantitative estimate of drug-likeness (QED) is 0.531. The molecular weight excluding hydrogens is 354 g/mol. The van der Waals surface area contributed by atoms with Crippen LogP contribution in [0, 0.1) is 6.92 Å². The molecule has 0 aliphatic rings. The number of hydrogen-bond donors (Lipinski definition) is 0. The molecule has 0 saturated carbocycles. The number of rotatable bonds is 4. The molecule has 1 aromatic carbocycles. The van der Waals surface area contributed by atoms with Crippen molar-refractivity contribution in [1.29, 1.82) is 0 Å². The molecule has 0 saturated heterocycles. The van der Waals surface area contributed by atoms with Gasteiger partial charge in [0.2, 0.25) is 4.96 Å². The molecule has 0 unspecified atom stereocenters. The van der Waals surface area contributed by atoms with Crippen LogP contribution in [0.2, 0.25) is 0 Å². The van der Waals surface area contributed by atoms with Gasteiger partial charge in [0.15, 0.2) is 10.8 Å². The van der Waals surface area contributed by atoms with E-state index < -0.39 is 0 Å². The zero-order valence-corrected chi connectivity index (χ0v) is 16.0. The van der Waals surface area contributed by atoms with Crippen LogP contribution in [0.25, 0.3) is 26.2 Å². The Morgan fingerprint density at radius 2 is 1.84 bits per heavy atom. The summed E-state index contributed by atoms with van der Waals surface area (Å²) in [5.41, 5.74) is 2.05. The highest BCUT2D eigenvalue weighted by molar-refractivity contribution is 7.24. The summed E-state index contributed by atoms with van der Waals surface area (Å²) in [6.07, 6.45) is 0. The lowest BCUT2D eigenvalue weighted by atomic mass is 10.1. The zero-order chi connectivity index (χ0) is 17.6. The predicted molar refractivity (Wildman–Crippen MR) is 101 cm³/mol. The van der Waals surface area contributed by atoms with E-state index in [0.29, 0.717) is 5.92 Å². The van der Waals surface area contributed by atoms with Gasteiger partial charge >= 0.3 is 0 Å². The molecule has 4 aromatic rings. The number of thiazole rings is 1. The molecule has 0 amide bonds. The van der Waals surface area contributed by atoms with E-state index >= 15 is 0 Å². The van der Waals surface area contributed by atoms with Crippen molar-refractivity contribution in [3.63, 3.8) is 0 Å². The van der Waals surface area contributed by atoms with Crippen LogP contribution in [0.3, 0.4) is 0 Å². The molecule has 0 bridgehead atoms. The normalized spacial score (nSPS) is 11.6. The first-order valence-electron chi connectivity index (χ1n) is 7.91. The summed E-state index contributed by atoms with van der Waals surface area (Å²) < 4.78 is 7.02. The topological polar surface area (TPSA) is 65.2 Å². The standard InChI is InChI=1S/C17H17N5OS2/c1-9(2)13-14(24-10(3)18-13)16-21-22-15(19-20-17(22)25-16)11-5-7-12(23-4)8-6-11/h5-9H,1-4H3. The van der Waals surface area contributed by atoms with Crippen LogP contribution in [0.4, 0.5) is 0 Å². The SMILES string of the molecule is COc1ccc(-c2nnc3sc(-c4sc(C)nc4C(C)C)nn23)cc1. The van der Waals surface area contributed by atoms with Gasteiger partial charge in [0, 0.05) is 5.56 Å². The molecule has 6 nitrogen and oxygen atoms in total. The van der Waals surface area contributed by atoms with E-state index in [1.807, 2.05) is 31.2 Å². The number of aryl methyl sites for hydroxylation is 1. The Morgan fingerprint density at radius 1 is 1.08 bits per heavy atom. The van der Waals surface area contributed by atoms with Crippen LogP contribution >= 0.6 is 22.7 Å². The predicted octanol–water partition coefficient (Wildman–Crippen LogP) is 4.42. The summed E-state index contributed by atoms with van der Waals surface area (Å²) in [6.45, 7) is 6.34. The van der Waals surface area contributed by atoms with Gasteiger partial charge in [-0.25, -0.2) is 4.98 Å². The summed E-state index contributed by atoms with van der Waals surface area (Å²) >= 11 is 3.22. The van der Waals surface area contributed by atoms with Crippen LogP contribution in [0.15, 0.2) is 24.3 Å². The molecule has 0 aliphatic carbocycles. The van der Waals surface area contributed by atoms with Crippen molar-refractivity contribution in [2.75, 3.05) is 7.11 Å². The van der Waals surface area contributed by atoms with Crippen molar-refractivity contribution >= 4 is 27.6 Å². The van der Waals surface area contributed by atoms with E-state index in [1.54, 1.807) is 34.3 Å². The average molecular weight is 371 g/mol. The molecule has 25 heavy (non-hydrogen) atoms. The molecule has 0 radical (unpaired) electrons. The Bertz CT molecular complexity index is 1030. The van der Waals surface area contributed by atoms with Gasteiger partial charge in [0.05, 0.1) is 22.7 Å². The van der Waals surface area contributed by atoms with Crippen molar-refractivity contribution in [3.05, 3.63) is 35.0 Å². The second-order valence-corrected chi connectivity index (χ2v) is 8.11. The first-order chi connectivity index (χ1) is 12.1. The van der Waals surface area contributed by atoms with Gasteiger partial charge in [-0.2, -0.15) is 9.61 Å². The minimum absolute atomic E-state index is 0.357. The monoisotopic (exact) mass is 371 g/mol. The third kappa shape index (κ3) is 2.81. The van der Waals surface area contributed by atoms with Gasteiger partial charge in [-0.3, -0.25) is 0 Å². The lowest BCUT2D eigenvalue weighted by molar-refractivity contribution is 0.415. The number of aromatic nitrogens is 5. The third-order valence-electron chi connectivity index (χ3n) is 3.84. The third-order valence-corrected chi connectivity index (χ3v) is 5.88. The molecule has 128 valence electrons. The second kappa shape index (κ2) is 6.20. The van der Waals surface area contributed by atoms with E-state index in [0.717, 1.165) is 42.7 Å². The molecular formula is C17H17N5OS2. The molecule has 8 heteroatoms. The van der Waals surface area contributed by atoms with E-state index in [9.17, 15) is 0 Å². The molecule has 0 aliphatic heterocycles. The minimum Gasteiger partial charge on any atom is -0.497 e. The Balaban J connectivity index is 1.81. The van der Waals surface area contributed by atoms with Crippen LogP contribution < -0.4 is 4.74 Å². The smallest absolute Gasteiger partial charge is 0.235 e. The number of ether oxygens (including phenoxy) is 1. The van der Waals surface area contributed by atoms with E-state index in [-0.39, 0.29) is 0 Å². The van der Waals surface area contributed by atoms with Crippen molar-refractivity contribution in [1.82, 2.24) is 24.8 Å². The lowest BCUT2D eigenvalue weighted by Gasteiger charge is -2.02. The van der Waals surface area contributed by atoms with E-state index in [4.69, 9.17) is 9.84 Å². The fraction of sp³-hybridized carbons (Fsp3) is 0.294. The minimum atomic E-state index is 0.357. The molecule has 0 spiro atoms. The highest BCUT2D eigenvalue weighted by atomic mass is 32.1. The van der Waals surface area contributed by atoms with Crippen molar-refractivity contribution in [2.45, 2.75) is 26.7 Å². The molecule has 0 fully saturated rings. The summed E-state index contributed by atoms with van der Waals surface area (Å²) in [5.74, 6) is 1.90. The van der Waals surface area contributed by atoms with Gasteiger partial charge in [0.25, 0.3) is 0 Å². The van der Waals surface area contributed by atoms with Gasteiger partial charge in [-0.1, -0.05) is 25.2 Å². The number of benzene rings is 1. The zero-order valence-electron chi connectivity index (χ0n) is 14.3. The summed E-state index contributed by atoms with van der Waals surface area (Å²) in [4.78, 5) is 6.57. The maximum Gasteiger partial charge on any atom is 0.235 e. The highest BCUT2D eigenvalue weighted by Gasteiger charge is 2.20. The Hall–Kier alpha value is -2.32. The molecule has 3 aromatic heterocycles. The van der Waals surface area contributed by atoms with Crippen molar-refractivity contribution in [3.8, 4) is 27.0 Å². The Morgan fingerprint density at radius 3 is 2.52 bits per heavy atom. The molecule has 4 rings (SSSR count). The number of methoxy groups -OCH3 is 1. The summed E-state index contributed by atoms with van der Waals surface area (Å²) in [6, 6.07) is 7.75. The molecule has 0 N–H and O–H groups in total. The Kier molecular flexibility index (Phi) is 4.01. The van der Waals surface area contributed by atoms with Crippen LogP contribution in [-0.2, 0) is 0 Å². The first-order valence-corrected chi connectivity index (χ1v) is 9.54. The largest absolute Gasteiger partial charge is 0.497 e. The molecule has 0 atom stereocenters. The van der Waals surface area contributed by atoms with Crippen molar-refractivity contribution < 1.29 is 4.74 Å². The second-order valence-electron chi connectivity index (χ2n) is 5.96. The van der Waals surface area contributed by atoms with Crippen LogP contribution in [0.5, 0.6) is 5.75 Å². The number of nitrogens with zero attached hydrogens (tertiary/aromatic N) is 5. The van der Waals surface area contributed by atoms with Crippen LogP contribution in [0.1, 0.15) is 30.5 Å². The highest BCUT2D eigenvalue weighted by Crippen LogP contribution is 2.37. The summed E-state index contributed by atoms with van der Waals surface area (Å²) in [7, 11) is 1.65. The van der Waals surface area contributed by atoms with Gasteiger partial charge in [-0.05, 0) is 37.1 Å². The van der Waals surface area contributed by atoms with Gasteiger partial charge in [0.1, 0.15) is 5.75 Å². The average Bonchev–Trinajstić information content (AvgIpc) is 3.28. The fourth-order valence-electron chi connectivity index (χ4n) is 2.62. The van der Waals surface area contributed by atoms with E-state index in [1.165, 1.54) is 0 Å². The number of fused-ring (bicyclic) bond motifs is 1. The maximum atomic E-state index is 5.21. The number of hydrogen-bond acceptors (Lipinski definition) is 7. The fourth-order valence-corrected chi connectivity index (χ4v) is 4.61. The lowest BCUT2D eigenvalue weighted by Crippen LogP contribution is -1.93. The van der Waals surface area contributed by atoms with E-state index in [2.05, 4.69) is 29.0 Å². The summed E-state index contributed by atoms with van der Waals surface area (Å²) in [5, 5.41) is 15.3. The van der Waals surface area contributed by atoms with Gasteiger partial charge in [-0.15, -0.1) is 21.5 Å². The van der Waals surface area contributed by atoms with Gasteiger partial charge < -0.3 is 4.74 Å². The maximum absolute atomic E-state index is 5.21.